The van der Waals surface area contributed by atoms with Crippen LogP contribution in [0.1, 0.15) is 18.4 Å². The van der Waals surface area contributed by atoms with Crippen molar-refractivity contribution in [2.75, 3.05) is 25.0 Å². The zero-order valence-electron chi connectivity index (χ0n) is 10.1. The van der Waals surface area contributed by atoms with Gasteiger partial charge in [0.05, 0.1) is 0 Å². The Morgan fingerprint density at radius 2 is 2.24 bits per heavy atom. The second-order valence-electron chi connectivity index (χ2n) is 4.15. The fraction of sp³-hybridized carbons (Fsp3) is 0.500. The highest BCUT2D eigenvalue weighted by atomic mass is 16.2. The Hall–Kier alpha value is -1.78. The maximum atomic E-state index is 11.1. The summed E-state index contributed by atoms with van der Waals surface area (Å²) < 4.78 is 0. The molecule has 92 valence electrons. The Labute approximate surface area is 101 Å². The predicted octanol–water partition coefficient (Wildman–Crippen LogP) is 1.11. The molecule has 1 fully saturated rings. The number of pyridine rings is 1. The molecule has 0 spiro atoms. The van der Waals surface area contributed by atoms with Crippen molar-refractivity contribution in [3.63, 3.8) is 0 Å². The Morgan fingerprint density at radius 3 is 2.94 bits per heavy atom. The maximum Gasteiger partial charge on any atom is 0.314 e. The number of hydrogen-bond donors (Lipinski definition) is 2. The molecule has 2 N–H and O–H groups in total. The van der Waals surface area contributed by atoms with E-state index in [0.717, 1.165) is 24.5 Å². The summed E-state index contributed by atoms with van der Waals surface area (Å²) in [5.74, 6) is 1.01. The maximum absolute atomic E-state index is 11.1. The SMILES string of the molecule is CNC(=O)NCc1ccnc(N2CCCC2)c1. The van der Waals surface area contributed by atoms with E-state index >= 15 is 0 Å². The van der Waals surface area contributed by atoms with Crippen LogP contribution >= 0.6 is 0 Å². The second-order valence-corrected chi connectivity index (χ2v) is 4.15. The number of urea groups is 1. The van der Waals surface area contributed by atoms with E-state index in [4.69, 9.17) is 0 Å². The third-order valence-corrected chi connectivity index (χ3v) is 2.92. The number of hydrogen-bond acceptors (Lipinski definition) is 3. The second kappa shape index (κ2) is 5.52. The van der Waals surface area contributed by atoms with E-state index in [1.54, 1.807) is 13.2 Å². The highest BCUT2D eigenvalue weighted by molar-refractivity contribution is 5.73. The van der Waals surface area contributed by atoms with Gasteiger partial charge < -0.3 is 15.5 Å². The van der Waals surface area contributed by atoms with Gasteiger partial charge in [0.2, 0.25) is 0 Å². The van der Waals surface area contributed by atoms with Crippen molar-refractivity contribution in [2.45, 2.75) is 19.4 Å². The van der Waals surface area contributed by atoms with Gasteiger partial charge in [0.1, 0.15) is 5.82 Å². The van der Waals surface area contributed by atoms with Gasteiger partial charge in [-0.2, -0.15) is 0 Å². The largest absolute Gasteiger partial charge is 0.357 e. The molecule has 0 saturated carbocycles. The average molecular weight is 234 g/mol. The van der Waals surface area contributed by atoms with Gasteiger partial charge in [-0.1, -0.05) is 0 Å². The quantitative estimate of drug-likeness (QED) is 0.823. The third kappa shape index (κ3) is 3.09. The summed E-state index contributed by atoms with van der Waals surface area (Å²) in [4.78, 5) is 17.7. The van der Waals surface area contributed by atoms with Crippen LogP contribution in [0.25, 0.3) is 0 Å². The first-order valence-corrected chi connectivity index (χ1v) is 5.95. The van der Waals surface area contributed by atoms with Crippen LogP contribution in [0.5, 0.6) is 0 Å². The molecule has 0 bridgehead atoms. The zero-order valence-corrected chi connectivity index (χ0v) is 10.1. The van der Waals surface area contributed by atoms with Gasteiger partial charge in [-0.15, -0.1) is 0 Å². The first-order valence-electron chi connectivity index (χ1n) is 5.95. The minimum atomic E-state index is -0.162. The highest BCUT2D eigenvalue weighted by Gasteiger charge is 2.13. The van der Waals surface area contributed by atoms with Gasteiger partial charge in [-0.25, -0.2) is 9.78 Å². The molecule has 0 atom stereocenters. The summed E-state index contributed by atoms with van der Waals surface area (Å²) in [6, 6.07) is 3.81. The number of anilines is 1. The van der Waals surface area contributed by atoms with E-state index in [1.807, 2.05) is 12.1 Å². The summed E-state index contributed by atoms with van der Waals surface area (Å²) in [6.07, 6.45) is 4.28. The van der Waals surface area contributed by atoms with Crippen molar-refractivity contribution >= 4 is 11.8 Å². The fourth-order valence-electron chi connectivity index (χ4n) is 1.96. The summed E-state index contributed by atoms with van der Waals surface area (Å²) in [7, 11) is 1.61. The molecule has 1 aromatic rings. The van der Waals surface area contributed by atoms with E-state index in [2.05, 4.69) is 20.5 Å². The molecule has 0 aliphatic carbocycles. The van der Waals surface area contributed by atoms with Crippen molar-refractivity contribution in [3.8, 4) is 0 Å². The molecule has 5 nitrogen and oxygen atoms in total. The van der Waals surface area contributed by atoms with Crippen molar-refractivity contribution in [1.82, 2.24) is 15.6 Å². The van der Waals surface area contributed by atoms with Gasteiger partial charge in [0, 0.05) is 32.9 Å². The average Bonchev–Trinajstić information content (AvgIpc) is 2.90. The first kappa shape index (κ1) is 11.7. The van der Waals surface area contributed by atoms with Crippen molar-refractivity contribution in [1.29, 1.82) is 0 Å². The van der Waals surface area contributed by atoms with Crippen LogP contribution in [-0.2, 0) is 6.54 Å². The third-order valence-electron chi connectivity index (χ3n) is 2.92. The van der Waals surface area contributed by atoms with Crippen LogP contribution in [0.2, 0.25) is 0 Å². The highest BCUT2D eigenvalue weighted by Crippen LogP contribution is 2.18. The molecule has 2 rings (SSSR count). The number of amides is 2. The van der Waals surface area contributed by atoms with Crippen molar-refractivity contribution < 1.29 is 4.79 Å². The molecule has 1 aromatic heterocycles. The van der Waals surface area contributed by atoms with Crippen LogP contribution in [0, 0.1) is 0 Å². The molecule has 2 amide bonds. The van der Waals surface area contributed by atoms with E-state index in [0.29, 0.717) is 6.54 Å². The summed E-state index contributed by atoms with van der Waals surface area (Å²) in [6.45, 7) is 2.70. The predicted molar refractivity (Wildman–Crippen MR) is 67.0 cm³/mol. The molecule has 0 aromatic carbocycles. The standard InChI is InChI=1S/C12H18N4O/c1-13-12(17)15-9-10-4-5-14-11(8-10)16-6-2-3-7-16/h4-5,8H,2-3,6-7,9H2,1H3,(H2,13,15,17). The molecule has 1 aliphatic heterocycles. The molecule has 0 radical (unpaired) electrons. The van der Waals surface area contributed by atoms with Gasteiger partial charge in [0.25, 0.3) is 0 Å². The van der Waals surface area contributed by atoms with Crippen LogP contribution in [0.15, 0.2) is 18.3 Å². The van der Waals surface area contributed by atoms with E-state index in [1.165, 1.54) is 12.8 Å². The topological polar surface area (TPSA) is 57.3 Å². The lowest BCUT2D eigenvalue weighted by atomic mass is 10.2. The Bertz CT molecular complexity index is 388. The first-order chi connectivity index (χ1) is 8.29. The monoisotopic (exact) mass is 234 g/mol. The van der Waals surface area contributed by atoms with Gasteiger partial charge in [-0.05, 0) is 30.5 Å². The Balaban J connectivity index is 1.98. The van der Waals surface area contributed by atoms with Crippen LogP contribution in [0.3, 0.4) is 0 Å². The number of nitrogens with zero attached hydrogens (tertiary/aromatic N) is 2. The number of nitrogens with one attached hydrogen (secondary N) is 2. The normalized spacial score (nSPS) is 14.8. The minimum absolute atomic E-state index is 0.162. The van der Waals surface area contributed by atoms with Gasteiger partial charge >= 0.3 is 6.03 Å². The van der Waals surface area contributed by atoms with Gasteiger partial charge in [0.15, 0.2) is 0 Å². The molecule has 0 unspecified atom stereocenters. The van der Waals surface area contributed by atoms with Crippen LogP contribution in [-0.4, -0.2) is 31.2 Å². The number of rotatable bonds is 3. The lowest BCUT2D eigenvalue weighted by molar-refractivity contribution is 0.242. The molecule has 17 heavy (non-hydrogen) atoms. The van der Waals surface area contributed by atoms with Gasteiger partial charge in [-0.3, -0.25) is 0 Å². The van der Waals surface area contributed by atoms with E-state index in [-0.39, 0.29) is 6.03 Å². The number of carbonyl (C=O) groups is 1. The lowest BCUT2D eigenvalue weighted by Gasteiger charge is -2.16. The van der Waals surface area contributed by atoms with Crippen LogP contribution in [0.4, 0.5) is 10.6 Å². The molecule has 5 heteroatoms. The Morgan fingerprint density at radius 1 is 1.47 bits per heavy atom. The molecule has 2 heterocycles. The smallest absolute Gasteiger partial charge is 0.314 e. The minimum Gasteiger partial charge on any atom is -0.357 e. The van der Waals surface area contributed by atoms with Crippen LogP contribution < -0.4 is 15.5 Å². The molecular formula is C12H18N4O. The fourth-order valence-corrected chi connectivity index (χ4v) is 1.96. The number of carbonyl (C=O) groups excluding carboxylic acids is 1. The van der Waals surface area contributed by atoms with E-state index in [9.17, 15) is 4.79 Å². The summed E-state index contributed by atoms with van der Waals surface area (Å²) in [5, 5.41) is 5.30. The zero-order chi connectivity index (χ0) is 12.1. The molecule has 1 saturated heterocycles. The Kier molecular flexibility index (Phi) is 3.80. The number of aromatic nitrogens is 1. The van der Waals surface area contributed by atoms with Crippen molar-refractivity contribution in [2.24, 2.45) is 0 Å². The molecule has 1 aliphatic rings. The summed E-state index contributed by atoms with van der Waals surface area (Å²) >= 11 is 0. The van der Waals surface area contributed by atoms with E-state index < -0.39 is 0 Å². The summed E-state index contributed by atoms with van der Waals surface area (Å²) in [5.41, 5.74) is 1.07. The molecular weight excluding hydrogens is 216 g/mol. The lowest BCUT2D eigenvalue weighted by Crippen LogP contribution is -2.32. The van der Waals surface area contributed by atoms with Crippen molar-refractivity contribution in [3.05, 3.63) is 23.9 Å².